The average Bonchev–Trinajstić information content (AvgIpc) is 2.37. The van der Waals surface area contributed by atoms with E-state index in [1.54, 1.807) is 6.26 Å². The van der Waals surface area contributed by atoms with Crippen molar-refractivity contribution in [1.82, 2.24) is 15.0 Å². The van der Waals surface area contributed by atoms with E-state index in [0.29, 0.717) is 12.5 Å². The van der Waals surface area contributed by atoms with Crippen LogP contribution in [0.2, 0.25) is 0 Å². The van der Waals surface area contributed by atoms with E-state index in [0.717, 1.165) is 6.42 Å². The topological polar surface area (TPSA) is 115 Å². The lowest BCUT2D eigenvalue weighted by molar-refractivity contribution is 0.222. The first-order chi connectivity index (χ1) is 9.42. The van der Waals surface area contributed by atoms with Crippen LogP contribution in [0.1, 0.15) is 27.2 Å². The minimum absolute atomic E-state index is 0.0431. The molecule has 1 aromatic heterocycles. The molecule has 0 aliphatic carbocycles. The van der Waals surface area contributed by atoms with Crippen LogP contribution in [0.3, 0.4) is 0 Å². The Hall–Kier alpha value is -1.48. The monoisotopic (exact) mass is 302 g/mol. The van der Waals surface area contributed by atoms with Crippen LogP contribution in [-0.2, 0) is 10.8 Å². The third-order valence-electron chi connectivity index (χ3n) is 2.49. The molecular formula is C11H22N6O2S. The number of hydrogen-bond donors (Lipinski definition) is 3. The van der Waals surface area contributed by atoms with Crippen molar-refractivity contribution in [3.8, 4) is 6.01 Å². The number of nitrogen functional groups attached to an aromatic ring is 1. The molecule has 0 fully saturated rings. The molecule has 0 saturated carbocycles. The Labute approximate surface area is 121 Å². The van der Waals surface area contributed by atoms with Gasteiger partial charge < -0.3 is 10.1 Å². The Bertz CT molecular complexity index is 457. The second kappa shape index (κ2) is 7.95. The van der Waals surface area contributed by atoms with Crippen LogP contribution < -0.4 is 21.3 Å². The summed E-state index contributed by atoms with van der Waals surface area (Å²) in [5, 5.41) is 3.16. The molecule has 2 unspecified atom stereocenters. The number of nitrogens with one attached hydrogen (secondary N) is 2. The molecule has 1 aromatic rings. The molecule has 4 N–H and O–H groups in total. The molecule has 0 aliphatic heterocycles. The zero-order valence-corrected chi connectivity index (χ0v) is 13.0. The van der Waals surface area contributed by atoms with Crippen molar-refractivity contribution in [3.63, 3.8) is 0 Å². The van der Waals surface area contributed by atoms with Crippen LogP contribution in [0, 0.1) is 0 Å². The van der Waals surface area contributed by atoms with Gasteiger partial charge in [-0.3, -0.25) is 9.63 Å². The number of nitrogens with zero attached hydrogens (tertiary/aromatic N) is 3. The van der Waals surface area contributed by atoms with Gasteiger partial charge in [0.2, 0.25) is 11.9 Å². The second-order valence-electron chi connectivity index (χ2n) is 4.60. The standard InChI is InChI=1S/C11H22N6O2S/c1-7(2)19-11-15-9(14-10(16-11)17-12)13-6-5-8(3)20(4)18/h7-8H,5-6,12H2,1-4H3,(H2,13,14,15,16,17). The van der Waals surface area contributed by atoms with Crippen molar-refractivity contribution in [2.24, 2.45) is 5.84 Å². The van der Waals surface area contributed by atoms with E-state index < -0.39 is 10.8 Å². The summed E-state index contributed by atoms with van der Waals surface area (Å²) in [7, 11) is -0.837. The number of hydrogen-bond acceptors (Lipinski definition) is 8. The molecule has 1 heterocycles. The maximum absolute atomic E-state index is 11.3. The highest BCUT2D eigenvalue weighted by Gasteiger charge is 2.10. The lowest BCUT2D eigenvalue weighted by atomic mass is 10.3. The van der Waals surface area contributed by atoms with Crippen LogP contribution in [0.25, 0.3) is 0 Å². The van der Waals surface area contributed by atoms with Gasteiger partial charge in [0.25, 0.3) is 0 Å². The van der Waals surface area contributed by atoms with Gasteiger partial charge in [-0.1, -0.05) is 6.92 Å². The van der Waals surface area contributed by atoms with Crippen LogP contribution in [0.5, 0.6) is 6.01 Å². The Morgan fingerprint density at radius 2 is 1.90 bits per heavy atom. The molecule has 1 rings (SSSR count). The Kier molecular flexibility index (Phi) is 6.59. The normalized spacial score (nSPS) is 13.9. The molecule has 20 heavy (non-hydrogen) atoms. The summed E-state index contributed by atoms with van der Waals surface area (Å²) < 4.78 is 16.7. The Balaban J connectivity index is 2.66. The van der Waals surface area contributed by atoms with E-state index in [1.807, 2.05) is 20.8 Å². The summed E-state index contributed by atoms with van der Waals surface area (Å²) >= 11 is 0. The third kappa shape index (κ3) is 5.66. The van der Waals surface area contributed by atoms with Crippen molar-refractivity contribution < 1.29 is 8.95 Å². The van der Waals surface area contributed by atoms with Crippen molar-refractivity contribution in [2.75, 3.05) is 23.5 Å². The molecule has 0 aromatic carbocycles. The summed E-state index contributed by atoms with van der Waals surface area (Å²) in [6, 6.07) is 0.206. The van der Waals surface area contributed by atoms with Crippen LogP contribution in [-0.4, -0.2) is 43.3 Å². The number of rotatable bonds is 8. The molecule has 0 bridgehead atoms. The van der Waals surface area contributed by atoms with Crippen molar-refractivity contribution in [3.05, 3.63) is 0 Å². The second-order valence-corrected chi connectivity index (χ2v) is 6.40. The van der Waals surface area contributed by atoms with Gasteiger partial charge in [0.15, 0.2) is 0 Å². The van der Waals surface area contributed by atoms with Crippen LogP contribution in [0.15, 0.2) is 0 Å². The first-order valence-electron chi connectivity index (χ1n) is 6.37. The first kappa shape index (κ1) is 16.6. The minimum atomic E-state index is -0.837. The van der Waals surface area contributed by atoms with E-state index in [-0.39, 0.29) is 23.3 Å². The highest BCUT2D eigenvalue weighted by molar-refractivity contribution is 7.84. The minimum Gasteiger partial charge on any atom is -0.461 e. The Morgan fingerprint density at radius 1 is 1.25 bits per heavy atom. The van der Waals surface area contributed by atoms with E-state index >= 15 is 0 Å². The summed E-state index contributed by atoms with van der Waals surface area (Å²) in [5.74, 6) is 5.91. The van der Waals surface area contributed by atoms with Gasteiger partial charge in [0.05, 0.1) is 6.10 Å². The SMILES string of the molecule is CC(C)Oc1nc(NN)nc(NCCC(C)S(C)=O)n1. The number of aromatic nitrogens is 3. The van der Waals surface area contributed by atoms with Gasteiger partial charge in [-0.25, -0.2) is 5.84 Å². The van der Waals surface area contributed by atoms with Gasteiger partial charge in [-0.2, -0.15) is 15.0 Å². The van der Waals surface area contributed by atoms with Crippen molar-refractivity contribution in [1.29, 1.82) is 0 Å². The Morgan fingerprint density at radius 3 is 2.45 bits per heavy atom. The van der Waals surface area contributed by atoms with E-state index in [2.05, 4.69) is 25.7 Å². The van der Waals surface area contributed by atoms with Crippen molar-refractivity contribution >= 4 is 22.7 Å². The summed E-state index contributed by atoms with van der Waals surface area (Å²) in [6.45, 7) is 6.30. The molecule has 0 spiro atoms. The molecule has 8 nitrogen and oxygen atoms in total. The predicted octanol–water partition coefficient (Wildman–Crippen LogP) is 0.513. The van der Waals surface area contributed by atoms with E-state index in [9.17, 15) is 4.21 Å². The molecule has 114 valence electrons. The lowest BCUT2D eigenvalue weighted by Crippen LogP contribution is -2.18. The lowest BCUT2D eigenvalue weighted by Gasteiger charge is -2.12. The first-order valence-corrected chi connectivity index (χ1v) is 8.00. The number of nitrogens with two attached hydrogens (primary N) is 1. The fourth-order valence-electron chi connectivity index (χ4n) is 1.32. The van der Waals surface area contributed by atoms with E-state index in [4.69, 9.17) is 10.6 Å². The molecule has 0 amide bonds. The molecule has 0 aliphatic rings. The van der Waals surface area contributed by atoms with Gasteiger partial charge in [0.1, 0.15) is 0 Å². The van der Waals surface area contributed by atoms with Gasteiger partial charge in [-0.05, 0) is 20.3 Å². The highest BCUT2D eigenvalue weighted by atomic mass is 32.2. The highest BCUT2D eigenvalue weighted by Crippen LogP contribution is 2.12. The average molecular weight is 302 g/mol. The fraction of sp³-hybridized carbons (Fsp3) is 0.727. The van der Waals surface area contributed by atoms with Gasteiger partial charge >= 0.3 is 6.01 Å². The smallest absolute Gasteiger partial charge is 0.323 e. The quantitative estimate of drug-likeness (QED) is 0.470. The fourth-order valence-corrected chi connectivity index (χ4v) is 1.77. The zero-order valence-electron chi connectivity index (χ0n) is 12.2. The zero-order chi connectivity index (χ0) is 15.1. The largest absolute Gasteiger partial charge is 0.461 e. The van der Waals surface area contributed by atoms with Gasteiger partial charge in [0, 0.05) is 28.9 Å². The van der Waals surface area contributed by atoms with Crippen LogP contribution >= 0.6 is 0 Å². The number of hydrazine groups is 1. The molecule has 0 radical (unpaired) electrons. The maximum Gasteiger partial charge on any atom is 0.323 e. The summed E-state index contributed by atoms with van der Waals surface area (Å²) in [4.78, 5) is 12.2. The van der Waals surface area contributed by atoms with Gasteiger partial charge in [-0.15, -0.1) is 0 Å². The molecule has 9 heteroatoms. The van der Waals surface area contributed by atoms with Crippen molar-refractivity contribution in [2.45, 2.75) is 38.5 Å². The predicted molar refractivity (Wildman–Crippen MR) is 80.0 cm³/mol. The van der Waals surface area contributed by atoms with Crippen LogP contribution in [0.4, 0.5) is 11.9 Å². The summed E-state index contributed by atoms with van der Waals surface area (Å²) in [6.07, 6.45) is 2.40. The van der Waals surface area contributed by atoms with E-state index in [1.165, 1.54) is 0 Å². The number of anilines is 2. The number of ether oxygens (including phenoxy) is 1. The molecular weight excluding hydrogens is 280 g/mol. The molecule has 2 atom stereocenters. The summed E-state index contributed by atoms with van der Waals surface area (Å²) in [5.41, 5.74) is 2.37. The maximum atomic E-state index is 11.3. The molecule has 0 saturated heterocycles. The third-order valence-corrected chi connectivity index (χ3v) is 3.85.